The van der Waals surface area contributed by atoms with Gasteiger partial charge in [-0.2, -0.15) is 0 Å². The van der Waals surface area contributed by atoms with Gasteiger partial charge in [0.05, 0.1) is 6.04 Å². The van der Waals surface area contributed by atoms with Crippen LogP contribution < -0.4 is 5.32 Å². The number of rotatable bonds is 4. The molecule has 2 nitrogen and oxygen atoms in total. The highest BCUT2D eigenvalue weighted by Crippen LogP contribution is 2.37. The van der Waals surface area contributed by atoms with Gasteiger partial charge in [-0.25, -0.2) is 8.78 Å². The monoisotopic (exact) mass is 279 g/mol. The molecule has 18 heavy (non-hydrogen) atoms. The topological polar surface area (TPSA) is 21.3 Å². The Bertz CT molecular complexity index is 277. The van der Waals surface area contributed by atoms with Gasteiger partial charge in [-0.3, -0.25) is 0 Å². The van der Waals surface area contributed by atoms with Gasteiger partial charge in [0, 0.05) is 13.0 Å². The predicted molar refractivity (Wildman–Crippen MR) is 73.7 cm³/mol. The lowest BCUT2D eigenvalue weighted by molar-refractivity contribution is -0.0657. The average Bonchev–Trinajstić information content (AvgIpc) is 2.18. The first-order valence-corrected chi connectivity index (χ1v) is 9.72. The van der Waals surface area contributed by atoms with Crippen molar-refractivity contribution in [1.82, 2.24) is 5.32 Å². The van der Waals surface area contributed by atoms with Gasteiger partial charge in [0.25, 0.3) is 5.92 Å². The second-order valence-electron chi connectivity index (χ2n) is 6.77. The van der Waals surface area contributed by atoms with Gasteiger partial charge in [-0.05, 0) is 37.5 Å². The molecule has 0 aromatic carbocycles. The lowest BCUT2D eigenvalue weighted by Gasteiger charge is -2.37. The van der Waals surface area contributed by atoms with E-state index in [1.165, 1.54) is 0 Å². The summed E-state index contributed by atoms with van der Waals surface area (Å²) in [5.74, 6) is -2.57. The van der Waals surface area contributed by atoms with Crippen LogP contribution in [-0.2, 0) is 4.43 Å². The minimum Gasteiger partial charge on any atom is -0.417 e. The normalized spacial score (nSPS) is 25.2. The molecule has 108 valence electrons. The smallest absolute Gasteiger partial charge is 0.263 e. The first kappa shape index (κ1) is 16.1. The summed E-state index contributed by atoms with van der Waals surface area (Å²) in [4.78, 5) is 0. The first-order valence-electron chi connectivity index (χ1n) is 6.81. The van der Waals surface area contributed by atoms with Gasteiger partial charge in [0.1, 0.15) is 0 Å². The Morgan fingerprint density at radius 3 is 2.44 bits per heavy atom. The van der Waals surface area contributed by atoms with Crippen molar-refractivity contribution in [3.63, 3.8) is 0 Å². The number of alkyl halides is 2. The Morgan fingerprint density at radius 1 is 1.33 bits per heavy atom. The quantitative estimate of drug-likeness (QED) is 0.791. The highest BCUT2D eigenvalue weighted by Gasteiger charge is 2.42. The van der Waals surface area contributed by atoms with Crippen LogP contribution in [0, 0.1) is 0 Å². The first-order chi connectivity index (χ1) is 8.06. The van der Waals surface area contributed by atoms with Crippen LogP contribution in [0.3, 0.4) is 0 Å². The van der Waals surface area contributed by atoms with E-state index < -0.39 is 20.3 Å². The molecule has 5 heteroatoms. The van der Waals surface area contributed by atoms with Gasteiger partial charge in [0.15, 0.2) is 8.32 Å². The minimum absolute atomic E-state index is 0.00472. The van der Waals surface area contributed by atoms with Crippen molar-refractivity contribution in [2.45, 2.75) is 70.1 Å². The second kappa shape index (κ2) is 5.55. The molecule has 0 aliphatic carbocycles. The molecule has 1 unspecified atom stereocenters. The number of hydrogen-bond acceptors (Lipinski definition) is 2. The number of nitrogens with one attached hydrogen (secondary N) is 1. The molecule has 1 rings (SSSR count). The highest BCUT2D eigenvalue weighted by atomic mass is 28.4. The van der Waals surface area contributed by atoms with Crippen molar-refractivity contribution in [2.75, 3.05) is 13.2 Å². The van der Waals surface area contributed by atoms with Crippen molar-refractivity contribution >= 4 is 8.32 Å². The predicted octanol–water partition coefficient (Wildman–Crippen LogP) is 3.79. The van der Waals surface area contributed by atoms with E-state index in [0.717, 1.165) is 0 Å². The van der Waals surface area contributed by atoms with E-state index in [2.05, 4.69) is 39.2 Å². The maximum absolute atomic E-state index is 13.6. The van der Waals surface area contributed by atoms with Crippen LogP contribution in [0.25, 0.3) is 0 Å². The molecule has 1 fully saturated rings. The third-order valence-electron chi connectivity index (χ3n) is 4.26. The van der Waals surface area contributed by atoms with Crippen molar-refractivity contribution in [1.29, 1.82) is 0 Å². The lowest BCUT2D eigenvalue weighted by Crippen LogP contribution is -2.50. The van der Waals surface area contributed by atoms with Crippen LogP contribution in [0.15, 0.2) is 0 Å². The number of hydrogen-bond donors (Lipinski definition) is 1. The summed E-state index contributed by atoms with van der Waals surface area (Å²) in [6.07, 6.45) is 0.969. The molecule has 0 radical (unpaired) electrons. The van der Waals surface area contributed by atoms with E-state index in [-0.39, 0.29) is 11.5 Å². The average molecular weight is 279 g/mol. The summed E-state index contributed by atoms with van der Waals surface area (Å²) >= 11 is 0. The van der Waals surface area contributed by atoms with Crippen LogP contribution in [0.1, 0.15) is 40.0 Å². The standard InChI is InChI=1S/C13H27F2NOSi/c1-12(2,3)18(4,5)17-10-7-11-13(14,15)8-6-9-16-11/h11,16H,6-10H2,1-5H3. The number of piperidine rings is 1. The SMILES string of the molecule is CC(C)(C)[Si](C)(C)OCCC1NCCCC1(F)F. The van der Waals surface area contributed by atoms with Gasteiger partial charge in [-0.1, -0.05) is 20.8 Å². The molecule has 1 aliphatic rings. The Labute approximate surface area is 111 Å². The van der Waals surface area contributed by atoms with E-state index in [4.69, 9.17) is 4.43 Å². The largest absolute Gasteiger partial charge is 0.417 e. The van der Waals surface area contributed by atoms with Crippen molar-refractivity contribution in [3.05, 3.63) is 0 Å². The van der Waals surface area contributed by atoms with Gasteiger partial charge in [-0.15, -0.1) is 0 Å². The van der Waals surface area contributed by atoms with Gasteiger partial charge >= 0.3 is 0 Å². The fraction of sp³-hybridized carbons (Fsp3) is 1.00. The Balaban J connectivity index is 2.42. The summed E-state index contributed by atoms with van der Waals surface area (Å²) < 4.78 is 33.2. The zero-order valence-electron chi connectivity index (χ0n) is 12.3. The molecule has 0 spiro atoms. The van der Waals surface area contributed by atoms with Crippen molar-refractivity contribution < 1.29 is 13.2 Å². The summed E-state index contributed by atoms with van der Waals surface area (Å²) in [6.45, 7) is 11.9. The molecule has 0 bridgehead atoms. The summed E-state index contributed by atoms with van der Waals surface area (Å²) in [7, 11) is -1.81. The van der Waals surface area contributed by atoms with E-state index in [1.807, 2.05) is 0 Å². The number of halogens is 2. The Hall–Kier alpha value is -0.00312. The second-order valence-corrected chi connectivity index (χ2v) is 11.6. The molecule has 1 atom stereocenters. The zero-order valence-corrected chi connectivity index (χ0v) is 13.3. The molecule has 1 saturated heterocycles. The van der Waals surface area contributed by atoms with Crippen molar-refractivity contribution in [3.8, 4) is 0 Å². The Kier molecular flexibility index (Phi) is 4.95. The Morgan fingerprint density at radius 2 is 1.94 bits per heavy atom. The molecule has 0 saturated carbocycles. The third-order valence-corrected chi connectivity index (χ3v) is 8.80. The highest BCUT2D eigenvalue weighted by molar-refractivity contribution is 6.74. The fourth-order valence-electron chi connectivity index (χ4n) is 1.89. The summed E-state index contributed by atoms with van der Waals surface area (Å²) in [6, 6.07) is -0.712. The maximum Gasteiger partial charge on any atom is 0.263 e. The van der Waals surface area contributed by atoms with Gasteiger partial charge in [0.2, 0.25) is 0 Å². The lowest BCUT2D eigenvalue weighted by atomic mass is 9.98. The molecule has 0 amide bonds. The summed E-state index contributed by atoms with van der Waals surface area (Å²) in [5, 5.41) is 3.05. The van der Waals surface area contributed by atoms with Crippen molar-refractivity contribution in [2.24, 2.45) is 0 Å². The molecule has 0 aromatic rings. The molecular formula is C13H27F2NOSi. The maximum atomic E-state index is 13.6. The molecule has 1 aliphatic heterocycles. The molecule has 1 N–H and O–H groups in total. The molecule has 0 aromatic heterocycles. The van der Waals surface area contributed by atoms with Crippen LogP contribution in [0.5, 0.6) is 0 Å². The van der Waals surface area contributed by atoms with Crippen LogP contribution in [0.4, 0.5) is 8.78 Å². The third kappa shape index (κ3) is 4.00. The fourth-order valence-corrected chi connectivity index (χ4v) is 2.95. The minimum atomic E-state index is -2.57. The zero-order chi connectivity index (χ0) is 14.0. The van der Waals surface area contributed by atoms with Gasteiger partial charge < -0.3 is 9.74 Å². The van der Waals surface area contributed by atoms with Crippen LogP contribution in [-0.4, -0.2) is 33.4 Å². The van der Waals surface area contributed by atoms with Crippen LogP contribution in [0.2, 0.25) is 18.1 Å². The van der Waals surface area contributed by atoms with E-state index in [0.29, 0.717) is 26.0 Å². The van der Waals surface area contributed by atoms with E-state index >= 15 is 0 Å². The molecular weight excluding hydrogens is 252 g/mol. The van der Waals surface area contributed by atoms with E-state index in [1.54, 1.807) is 0 Å². The van der Waals surface area contributed by atoms with Crippen LogP contribution >= 0.6 is 0 Å². The van der Waals surface area contributed by atoms with E-state index in [9.17, 15) is 8.78 Å². The summed E-state index contributed by atoms with van der Waals surface area (Å²) in [5.41, 5.74) is 0. The molecule has 1 heterocycles.